The number of methoxy groups -OCH3 is 1. The van der Waals surface area contributed by atoms with Crippen LogP contribution in [0.25, 0.3) is 21.7 Å². The van der Waals surface area contributed by atoms with Gasteiger partial charge in [-0.15, -0.1) is 11.3 Å². The first-order valence-corrected chi connectivity index (χ1v) is 11.7. The third kappa shape index (κ3) is 4.80. The molecule has 1 N–H and O–H groups in total. The molecule has 0 saturated carbocycles. The molecule has 8 heteroatoms. The SMILES string of the molecule is COc1ccc(C(=O)CCC2CCN(C(=O)OC(C)(C)C)C2)c2nc(-c3cccs3)[nH]c12. The van der Waals surface area contributed by atoms with Crippen LogP contribution in [0.1, 0.15) is 50.4 Å². The average Bonchev–Trinajstić information content (AvgIpc) is 3.49. The van der Waals surface area contributed by atoms with Crippen molar-refractivity contribution >= 4 is 34.2 Å². The second-order valence-electron chi connectivity index (χ2n) is 9.14. The highest BCUT2D eigenvalue weighted by atomic mass is 32.1. The lowest BCUT2D eigenvalue weighted by Gasteiger charge is -2.24. The number of aromatic nitrogens is 2. The van der Waals surface area contributed by atoms with Crippen molar-refractivity contribution < 1.29 is 19.1 Å². The Hall–Kier alpha value is -2.87. The second-order valence-corrected chi connectivity index (χ2v) is 10.1. The molecule has 0 aliphatic carbocycles. The van der Waals surface area contributed by atoms with Crippen LogP contribution in [0, 0.1) is 5.92 Å². The summed E-state index contributed by atoms with van der Waals surface area (Å²) in [5.74, 6) is 1.74. The van der Waals surface area contributed by atoms with E-state index in [1.807, 2.05) is 44.4 Å². The topological polar surface area (TPSA) is 84.5 Å². The van der Waals surface area contributed by atoms with E-state index in [0.717, 1.165) is 29.1 Å². The molecule has 1 aliphatic rings. The highest BCUT2D eigenvalue weighted by Crippen LogP contribution is 2.32. The number of thiophene rings is 1. The molecule has 3 heterocycles. The van der Waals surface area contributed by atoms with E-state index < -0.39 is 5.60 Å². The Morgan fingerprint density at radius 2 is 2.09 bits per heavy atom. The van der Waals surface area contributed by atoms with Gasteiger partial charge < -0.3 is 19.4 Å². The van der Waals surface area contributed by atoms with Gasteiger partial charge in [0.2, 0.25) is 0 Å². The number of ketones is 1. The Morgan fingerprint density at radius 3 is 2.78 bits per heavy atom. The van der Waals surface area contributed by atoms with Gasteiger partial charge in [0.05, 0.1) is 12.0 Å². The number of Topliss-reactive ketones (excluding diaryl/α,β-unsaturated/α-hetero) is 1. The maximum absolute atomic E-state index is 13.1. The molecule has 1 saturated heterocycles. The number of carbonyl (C=O) groups excluding carboxylic acids is 2. The predicted octanol–water partition coefficient (Wildman–Crippen LogP) is 5.52. The standard InChI is InChI=1S/C24H29N3O4S/c1-24(2,3)31-23(29)27-12-11-15(14-27)7-9-17(28)16-8-10-18(30-4)21-20(16)25-22(26-21)19-6-5-13-32-19/h5-6,8,10,13,15H,7,9,11-12,14H2,1-4H3,(H,25,26). The van der Waals surface area contributed by atoms with Crippen LogP contribution in [-0.4, -0.2) is 52.5 Å². The number of nitrogens with zero attached hydrogens (tertiary/aromatic N) is 2. The van der Waals surface area contributed by atoms with Crippen molar-refractivity contribution in [1.82, 2.24) is 14.9 Å². The summed E-state index contributed by atoms with van der Waals surface area (Å²) in [7, 11) is 1.61. The third-order valence-corrected chi connectivity index (χ3v) is 6.48. The molecule has 1 aromatic carbocycles. The summed E-state index contributed by atoms with van der Waals surface area (Å²) in [5.41, 5.74) is 1.47. The van der Waals surface area contributed by atoms with Crippen LogP contribution in [0.4, 0.5) is 4.79 Å². The van der Waals surface area contributed by atoms with E-state index in [0.29, 0.717) is 42.3 Å². The van der Waals surface area contributed by atoms with Gasteiger partial charge in [-0.2, -0.15) is 0 Å². The molecule has 2 aromatic heterocycles. The number of rotatable bonds is 6. The normalized spacial score (nSPS) is 16.5. The van der Waals surface area contributed by atoms with Crippen LogP contribution in [0.3, 0.4) is 0 Å². The molecule has 1 fully saturated rings. The number of likely N-dealkylation sites (tertiary alicyclic amines) is 1. The fourth-order valence-electron chi connectivity index (χ4n) is 4.02. The Morgan fingerprint density at radius 1 is 1.28 bits per heavy atom. The van der Waals surface area contributed by atoms with Crippen LogP contribution < -0.4 is 4.74 Å². The van der Waals surface area contributed by atoms with Gasteiger partial charge in [-0.3, -0.25) is 4.79 Å². The second kappa shape index (κ2) is 8.94. The first-order chi connectivity index (χ1) is 15.2. The number of imidazole rings is 1. The van der Waals surface area contributed by atoms with Gasteiger partial charge in [0.15, 0.2) is 5.78 Å². The largest absolute Gasteiger partial charge is 0.494 e. The van der Waals surface area contributed by atoms with Gasteiger partial charge >= 0.3 is 6.09 Å². The zero-order chi connectivity index (χ0) is 22.9. The number of amides is 1. The maximum atomic E-state index is 13.1. The number of aromatic amines is 1. The number of H-pyrrole nitrogens is 1. The summed E-state index contributed by atoms with van der Waals surface area (Å²) < 4.78 is 10.9. The molecule has 0 bridgehead atoms. The number of carbonyl (C=O) groups is 2. The lowest BCUT2D eigenvalue weighted by molar-refractivity contribution is 0.0288. The summed E-state index contributed by atoms with van der Waals surface area (Å²) in [6.07, 6.45) is 1.75. The Kier molecular flexibility index (Phi) is 6.24. The van der Waals surface area contributed by atoms with Gasteiger partial charge in [-0.05, 0) is 63.1 Å². The Labute approximate surface area is 191 Å². The number of fused-ring (bicyclic) bond motifs is 1. The fourth-order valence-corrected chi connectivity index (χ4v) is 4.69. The number of ether oxygens (including phenoxy) is 2. The molecular formula is C24H29N3O4S. The van der Waals surface area contributed by atoms with E-state index in [2.05, 4.69) is 4.98 Å². The first-order valence-electron chi connectivity index (χ1n) is 10.9. The molecular weight excluding hydrogens is 426 g/mol. The fraction of sp³-hybridized carbons (Fsp3) is 0.458. The number of nitrogens with one attached hydrogen (secondary N) is 1. The summed E-state index contributed by atoms with van der Waals surface area (Å²) in [5, 5.41) is 1.99. The van der Waals surface area contributed by atoms with E-state index in [1.165, 1.54) is 0 Å². The quantitative estimate of drug-likeness (QED) is 0.495. The van der Waals surface area contributed by atoms with Crippen molar-refractivity contribution in [2.24, 2.45) is 5.92 Å². The van der Waals surface area contributed by atoms with Crippen LogP contribution in [-0.2, 0) is 4.74 Å². The zero-order valence-corrected chi connectivity index (χ0v) is 19.8. The zero-order valence-electron chi connectivity index (χ0n) is 18.9. The summed E-state index contributed by atoms with van der Waals surface area (Å²) in [6.45, 7) is 6.90. The molecule has 1 atom stereocenters. The monoisotopic (exact) mass is 455 g/mol. The number of benzene rings is 1. The molecule has 0 radical (unpaired) electrons. The van der Waals surface area contributed by atoms with Crippen molar-refractivity contribution in [2.45, 2.75) is 45.6 Å². The smallest absolute Gasteiger partial charge is 0.410 e. The lowest BCUT2D eigenvalue weighted by atomic mass is 9.97. The highest BCUT2D eigenvalue weighted by molar-refractivity contribution is 7.13. The Balaban J connectivity index is 1.45. The highest BCUT2D eigenvalue weighted by Gasteiger charge is 2.30. The van der Waals surface area contributed by atoms with Crippen molar-refractivity contribution in [3.05, 3.63) is 35.2 Å². The van der Waals surface area contributed by atoms with Crippen LogP contribution in [0.5, 0.6) is 5.75 Å². The molecule has 1 amide bonds. The van der Waals surface area contributed by atoms with Gasteiger partial charge in [-0.1, -0.05) is 6.07 Å². The van der Waals surface area contributed by atoms with Gasteiger partial charge in [0.25, 0.3) is 0 Å². The minimum atomic E-state index is -0.504. The molecule has 0 spiro atoms. The molecule has 7 nitrogen and oxygen atoms in total. The van der Waals surface area contributed by atoms with Crippen molar-refractivity contribution in [2.75, 3.05) is 20.2 Å². The Bertz CT molecular complexity index is 1110. The van der Waals surface area contributed by atoms with Gasteiger partial charge in [0, 0.05) is 25.1 Å². The predicted molar refractivity (Wildman–Crippen MR) is 125 cm³/mol. The maximum Gasteiger partial charge on any atom is 0.410 e. The molecule has 32 heavy (non-hydrogen) atoms. The van der Waals surface area contributed by atoms with E-state index in [9.17, 15) is 9.59 Å². The van der Waals surface area contributed by atoms with Crippen LogP contribution >= 0.6 is 11.3 Å². The number of hydrogen-bond acceptors (Lipinski definition) is 6. The molecule has 3 aromatic rings. The van der Waals surface area contributed by atoms with Crippen molar-refractivity contribution in [3.8, 4) is 16.5 Å². The van der Waals surface area contributed by atoms with E-state index in [-0.39, 0.29) is 11.9 Å². The van der Waals surface area contributed by atoms with Crippen molar-refractivity contribution in [3.63, 3.8) is 0 Å². The summed E-state index contributed by atoms with van der Waals surface area (Å²) >= 11 is 1.59. The van der Waals surface area contributed by atoms with Crippen LogP contribution in [0.2, 0.25) is 0 Å². The van der Waals surface area contributed by atoms with E-state index in [4.69, 9.17) is 14.5 Å². The van der Waals surface area contributed by atoms with Gasteiger partial charge in [0.1, 0.15) is 28.2 Å². The third-order valence-electron chi connectivity index (χ3n) is 5.60. The molecule has 4 rings (SSSR count). The van der Waals surface area contributed by atoms with E-state index >= 15 is 0 Å². The minimum Gasteiger partial charge on any atom is -0.494 e. The lowest BCUT2D eigenvalue weighted by Crippen LogP contribution is -2.35. The summed E-state index contributed by atoms with van der Waals surface area (Å²) in [4.78, 5) is 36.2. The molecule has 170 valence electrons. The first kappa shape index (κ1) is 22.3. The van der Waals surface area contributed by atoms with Crippen molar-refractivity contribution in [1.29, 1.82) is 0 Å². The number of hydrogen-bond donors (Lipinski definition) is 1. The van der Waals surface area contributed by atoms with E-state index in [1.54, 1.807) is 29.4 Å². The van der Waals surface area contributed by atoms with Gasteiger partial charge in [-0.25, -0.2) is 9.78 Å². The average molecular weight is 456 g/mol. The molecule has 1 unspecified atom stereocenters. The summed E-state index contributed by atoms with van der Waals surface area (Å²) in [6, 6.07) is 7.57. The molecule has 1 aliphatic heterocycles. The minimum absolute atomic E-state index is 0.0533. The van der Waals surface area contributed by atoms with Crippen LogP contribution in [0.15, 0.2) is 29.6 Å².